The molecular formula is C23H23F3N4O3S. The molecule has 4 rings (SSSR count). The van der Waals surface area contributed by atoms with Gasteiger partial charge < -0.3 is 10.2 Å². The third-order valence-electron chi connectivity index (χ3n) is 5.82. The van der Waals surface area contributed by atoms with Crippen LogP contribution in [0.1, 0.15) is 34.4 Å². The topological polar surface area (TPSA) is 84.3 Å². The average molecular weight is 493 g/mol. The molecule has 1 aliphatic rings. The van der Waals surface area contributed by atoms with Crippen LogP contribution in [0.5, 0.6) is 0 Å². The predicted molar refractivity (Wildman–Crippen MR) is 120 cm³/mol. The SMILES string of the molecule is CN(CCS(=O)(=O)c1ccccc1)C(=O)c1cnn2c1N[C@@H](c1ccccc1)C[C@H]2C(F)(F)F. The maximum Gasteiger partial charge on any atom is 0.410 e. The number of halogens is 3. The minimum absolute atomic E-state index is 0.0369. The molecule has 7 nitrogen and oxygen atoms in total. The Morgan fingerprint density at radius 2 is 1.74 bits per heavy atom. The summed E-state index contributed by atoms with van der Waals surface area (Å²) in [6.07, 6.45) is -3.74. The average Bonchev–Trinajstić information content (AvgIpc) is 3.26. The van der Waals surface area contributed by atoms with Gasteiger partial charge in [0.2, 0.25) is 0 Å². The molecule has 3 aromatic rings. The smallest absolute Gasteiger partial charge is 0.363 e. The van der Waals surface area contributed by atoms with Gasteiger partial charge in [-0.3, -0.25) is 4.79 Å². The second-order valence-corrected chi connectivity index (χ2v) is 10.2. The maximum absolute atomic E-state index is 13.8. The third kappa shape index (κ3) is 4.79. The van der Waals surface area contributed by atoms with Crippen LogP contribution in [-0.4, -0.2) is 54.5 Å². The summed E-state index contributed by atoms with van der Waals surface area (Å²) in [6.45, 7) is -0.133. The number of benzene rings is 2. The van der Waals surface area contributed by atoms with E-state index in [0.717, 1.165) is 10.9 Å². The van der Waals surface area contributed by atoms with E-state index in [4.69, 9.17) is 0 Å². The van der Waals surface area contributed by atoms with Crippen molar-refractivity contribution in [2.24, 2.45) is 0 Å². The number of anilines is 1. The van der Waals surface area contributed by atoms with Gasteiger partial charge in [-0.2, -0.15) is 18.3 Å². The van der Waals surface area contributed by atoms with Crippen molar-refractivity contribution in [3.05, 3.63) is 78.0 Å². The van der Waals surface area contributed by atoms with Crippen LogP contribution in [0.3, 0.4) is 0 Å². The molecule has 2 heterocycles. The highest BCUT2D eigenvalue weighted by Gasteiger charge is 2.47. The Balaban J connectivity index is 1.57. The van der Waals surface area contributed by atoms with Crippen LogP contribution in [0.15, 0.2) is 71.8 Å². The van der Waals surface area contributed by atoms with Crippen molar-refractivity contribution in [1.29, 1.82) is 0 Å². The van der Waals surface area contributed by atoms with Gasteiger partial charge in [0.1, 0.15) is 11.4 Å². The summed E-state index contributed by atoms with van der Waals surface area (Å²) in [5.74, 6) is -0.981. The third-order valence-corrected chi connectivity index (χ3v) is 7.53. The minimum atomic E-state index is -4.56. The molecule has 0 fully saturated rings. The second kappa shape index (κ2) is 9.13. The highest BCUT2D eigenvalue weighted by Crippen LogP contribution is 2.44. The summed E-state index contributed by atoms with van der Waals surface area (Å²) in [7, 11) is -2.22. The number of nitrogens with zero attached hydrogens (tertiary/aromatic N) is 3. The summed E-state index contributed by atoms with van der Waals surface area (Å²) in [5, 5.41) is 6.89. The molecule has 0 aliphatic carbocycles. The van der Waals surface area contributed by atoms with Gasteiger partial charge >= 0.3 is 6.18 Å². The lowest BCUT2D eigenvalue weighted by atomic mass is 9.96. The van der Waals surface area contributed by atoms with E-state index >= 15 is 0 Å². The highest BCUT2D eigenvalue weighted by molar-refractivity contribution is 7.91. The summed E-state index contributed by atoms with van der Waals surface area (Å²) < 4.78 is 67.4. The van der Waals surface area contributed by atoms with Gasteiger partial charge in [-0.25, -0.2) is 13.1 Å². The number of aromatic nitrogens is 2. The molecule has 1 aromatic heterocycles. The molecule has 180 valence electrons. The largest absolute Gasteiger partial charge is 0.410 e. The number of carbonyl (C=O) groups excluding carboxylic acids is 1. The lowest BCUT2D eigenvalue weighted by molar-refractivity contribution is -0.173. The number of fused-ring (bicyclic) bond motifs is 1. The van der Waals surface area contributed by atoms with Crippen LogP contribution in [0.2, 0.25) is 0 Å². The summed E-state index contributed by atoms with van der Waals surface area (Å²) in [5.41, 5.74) is 0.611. The number of nitrogens with one attached hydrogen (secondary N) is 1. The summed E-state index contributed by atoms with van der Waals surface area (Å²) >= 11 is 0. The van der Waals surface area contributed by atoms with Gasteiger partial charge in [-0.1, -0.05) is 48.5 Å². The number of hydrogen-bond acceptors (Lipinski definition) is 5. The molecule has 0 unspecified atom stereocenters. The highest BCUT2D eigenvalue weighted by atomic mass is 32.2. The van der Waals surface area contributed by atoms with E-state index in [2.05, 4.69) is 10.4 Å². The first-order valence-electron chi connectivity index (χ1n) is 10.6. The van der Waals surface area contributed by atoms with Crippen molar-refractivity contribution < 1.29 is 26.4 Å². The monoisotopic (exact) mass is 492 g/mol. The molecule has 0 radical (unpaired) electrons. The zero-order valence-electron chi connectivity index (χ0n) is 18.2. The Morgan fingerprint density at radius 1 is 1.12 bits per heavy atom. The van der Waals surface area contributed by atoms with Gasteiger partial charge in [0.25, 0.3) is 5.91 Å². The number of sulfone groups is 1. The fourth-order valence-electron chi connectivity index (χ4n) is 3.93. The Bertz CT molecular complexity index is 1260. The molecule has 11 heteroatoms. The number of amides is 1. The predicted octanol–water partition coefficient (Wildman–Crippen LogP) is 4.09. The zero-order chi connectivity index (χ0) is 24.5. The van der Waals surface area contributed by atoms with E-state index in [1.807, 2.05) is 0 Å². The van der Waals surface area contributed by atoms with Crippen LogP contribution >= 0.6 is 0 Å². The second-order valence-electron chi connectivity index (χ2n) is 8.11. The van der Waals surface area contributed by atoms with Crippen LogP contribution in [0.25, 0.3) is 0 Å². The Kier molecular flexibility index (Phi) is 6.39. The van der Waals surface area contributed by atoms with Crippen LogP contribution in [-0.2, 0) is 9.84 Å². The van der Waals surface area contributed by atoms with Crippen molar-refractivity contribution in [3.63, 3.8) is 0 Å². The minimum Gasteiger partial charge on any atom is -0.363 e. The maximum atomic E-state index is 13.8. The molecule has 2 atom stereocenters. The molecule has 1 N–H and O–H groups in total. The molecule has 1 amide bonds. The van der Waals surface area contributed by atoms with Gasteiger partial charge in [0.05, 0.1) is 22.9 Å². The molecule has 0 saturated carbocycles. The van der Waals surface area contributed by atoms with E-state index in [0.29, 0.717) is 5.56 Å². The van der Waals surface area contributed by atoms with E-state index in [1.165, 1.54) is 24.1 Å². The molecule has 0 saturated heterocycles. The lowest BCUT2D eigenvalue weighted by Crippen LogP contribution is -2.37. The molecule has 0 bridgehead atoms. The van der Waals surface area contributed by atoms with Gasteiger partial charge in [0.15, 0.2) is 15.9 Å². The standard InChI is InChI=1S/C23H23F3N4O3S/c1-29(12-13-34(32,33)17-10-6-3-7-11-17)22(31)18-15-27-30-20(23(24,25)26)14-19(28-21(18)30)16-8-4-2-5-9-16/h2-11,15,19-20,28H,12-14H2,1H3/t19-,20+/m1/s1. The first kappa shape index (κ1) is 23.8. The summed E-state index contributed by atoms with van der Waals surface area (Å²) in [4.78, 5) is 14.4. The van der Waals surface area contributed by atoms with Gasteiger partial charge in [-0.15, -0.1) is 0 Å². The molecule has 1 aliphatic heterocycles. The normalized spacial score (nSPS) is 18.1. The quantitative estimate of drug-likeness (QED) is 0.561. The van der Waals surface area contributed by atoms with Crippen LogP contribution < -0.4 is 5.32 Å². The molecular weight excluding hydrogens is 469 g/mol. The number of carbonyl (C=O) groups is 1. The fraction of sp³-hybridized carbons (Fsp3) is 0.304. The summed E-state index contributed by atoms with van der Waals surface area (Å²) in [6, 6.07) is 13.9. The Morgan fingerprint density at radius 3 is 2.35 bits per heavy atom. The van der Waals surface area contributed by atoms with E-state index in [9.17, 15) is 26.4 Å². The van der Waals surface area contributed by atoms with Crippen molar-refractivity contribution in [3.8, 4) is 0 Å². The van der Waals surface area contributed by atoms with E-state index in [1.54, 1.807) is 48.5 Å². The Labute approximate surface area is 195 Å². The van der Waals surface area contributed by atoms with E-state index < -0.39 is 34.0 Å². The van der Waals surface area contributed by atoms with Gasteiger partial charge in [-0.05, 0) is 17.7 Å². The van der Waals surface area contributed by atoms with Crippen LogP contribution in [0, 0.1) is 0 Å². The fourth-order valence-corrected chi connectivity index (χ4v) is 5.25. The molecule has 0 spiro atoms. The number of hydrogen-bond donors (Lipinski definition) is 1. The van der Waals surface area contributed by atoms with Gasteiger partial charge in [0, 0.05) is 20.0 Å². The Hall–Kier alpha value is -3.34. The van der Waals surface area contributed by atoms with Crippen molar-refractivity contribution in [2.45, 2.75) is 29.6 Å². The van der Waals surface area contributed by atoms with Crippen molar-refractivity contribution in [2.75, 3.05) is 24.7 Å². The number of alkyl halides is 3. The van der Waals surface area contributed by atoms with Crippen molar-refractivity contribution >= 4 is 21.6 Å². The van der Waals surface area contributed by atoms with Crippen LogP contribution in [0.4, 0.5) is 19.0 Å². The zero-order valence-corrected chi connectivity index (χ0v) is 19.1. The van der Waals surface area contributed by atoms with E-state index in [-0.39, 0.29) is 35.0 Å². The lowest BCUT2D eigenvalue weighted by Gasteiger charge is -2.34. The van der Waals surface area contributed by atoms with Crippen molar-refractivity contribution in [1.82, 2.24) is 14.7 Å². The molecule has 2 aromatic carbocycles. The first-order chi connectivity index (χ1) is 16.1. The number of rotatable bonds is 6. The molecule has 34 heavy (non-hydrogen) atoms. The first-order valence-corrected chi connectivity index (χ1v) is 12.2.